The number of rotatable bonds is 3. The van der Waals surface area contributed by atoms with Gasteiger partial charge in [-0.05, 0) is 26.8 Å². The summed E-state index contributed by atoms with van der Waals surface area (Å²) < 4.78 is 10.5. The second-order valence-corrected chi connectivity index (χ2v) is 6.72. The Balaban J connectivity index is 2.03. The van der Waals surface area contributed by atoms with Crippen molar-refractivity contribution in [1.82, 2.24) is 9.88 Å². The van der Waals surface area contributed by atoms with Crippen LogP contribution in [0.5, 0.6) is 5.88 Å². The van der Waals surface area contributed by atoms with Crippen LogP contribution >= 0.6 is 0 Å². The van der Waals surface area contributed by atoms with Crippen molar-refractivity contribution in [2.24, 2.45) is 5.92 Å². The monoisotopic (exact) mass is 320 g/mol. The van der Waals surface area contributed by atoms with Gasteiger partial charge < -0.3 is 14.4 Å². The molecule has 2 rings (SSSR count). The van der Waals surface area contributed by atoms with E-state index in [0.717, 1.165) is 5.69 Å². The molecule has 1 aromatic rings. The van der Waals surface area contributed by atoms with Gasteiger partial charge in [0.05, 0.1) is 7.11 Å². The van der Waals surface area contributed by atoms with Crippen LogP contribution < -0.4 is 4.74 Å². The summed E-state index contributed by atoms with van der Waals surface area (Å²) in [6, 6.07) is 5.47. The molecule has 23 heavy (non-hydrogen) atoms. The Morgan fingerprint density at radius 1 is 1.39 bits per heavy atom. The molecule has 126 valence electrons. The lowest BCUT2D eigenvalue weighted by atomic mass is 9.92. The number of aromatic nitrogens is 1. The Labute approximate surface area is 136 Å². The number of hydrogen-bond donors (Lipinski definition) is 0. The number of ketones is 1. The van der Waals surface area contributed by atoms with Crippen molar-refractivity contribution in [2.45, 2.75) is 39.2 Å². The topological polar surface area (TPSA) is 68.7 Å². The van der Waals surface area contributed by atoms with Crippen LogP contribution in [0.3, 0.4) is 0 Å². The van der Waals surface area contributed by atoms with E-state index in [2.05, 4.69) is 4.98 Å². The minimum absolute atomic E-state index is 0.162. The Morgan fingerprint density at radius 3 is 2.78 bits per heavy atom. The third-order valence-electron chi connectivity index (χ3n) is 3.62. The van der Waals surface area contributed by atoms with Gasteiger partial charge in [-0.3, -0.25) is 4.79 Å². The molecule has 0 spiro atoms. The maximum atomic E-state index is 12.2. The lowest BCUT2D eigenvalue weighted by molar-refractivity contribution is -0.125. The number of nitrogens with zero attached hydrogens (tertiary/aromatic N) is 2. The second kappa shape index (κ2) is 6.98. The zero-order valence-electron chi connectivity index (χ0n) is 14.2. The zero-order valence-corrected chi connectivity index (χ0v) is 14.2. The standard InChI is InChI=1S/C17H24N2O4/c1-17(2,3)23-16(21)19-9-8-14(20)12(11-19)10-13-6-5-7-15(18-13)22-4/h5-7,12H,8-11H2,1-4H3. The average molecular weight is 320 g/mol. The molecule has 1 aromatic heterocycles. The number of ether oxygens (including phenoxy) is 2. The van der Waals surface area contributed by atoms with Crippen LogP contribution in [0.25, 0.3) is 0 Å². The molecule has 6 nitrogen and oxygen atoms in total. The SMILES string of the molecule is COc1cccc(CC2CN(C(=O)OC(C)(C)C)CCC2=O)n1. The molecule has 2 heterocycles. The molecule has 1 atom stereocenters. The molecule has 1 saturated heterocycles. The van der Waals surface area contributed by atoms with Crippen molar-refractivity contribution >= 4 is 11.9 Å². The van der Waals surface area contributed by atoms with E-state index >= 15 is 0 Å². The molecule has 0 saturated carbocycles. The fourth-order valence-electron chi connectivity index (χ4n) is 2.52. The smallest absolute Gasteiger partial charge is 0.410 e. The Kier molecular flexibility index (Phi) is 5.23. The van der Waals surface area contributed by atoms with Crippen molar-refractivity contribution < 1.29 is 19.1 Å². The third kappa shape index (κ3) is 4.94. The molecule has 1 amide bonds. The molecule has 1 aliphatic heterocycles. The maximum absolute atomic E-state index is 12.2. The van der Waals surface area contributed by atoms with Gasteiger partial charge in [0.15, 0.2) is 0 Å². The summed E-state index contributed by atoms with van der Waals surface area (Å²) in [5, 5.41) is 0. The first-order valence-electron chi connectivity index (χ1n) is 7.79. The third-order valence-corrected chi connectivity index (χ3v) is 3.62. The number of likely N-dealkylation sites (tertiary alicyclic amines) is 1. The summed E-state index contributed by atoms with van der Waals surface area (Å²) >= 11 is 0. The molecule has 0 N–H and O–H groups in total. The van der Waals surface area contributed by atoms with Gasteiger partial charge >= 0.3 is 6.09 Å². The Morgan fingerprint density at radius 2 is 2.13 bits per heavy atom. The van der Waals surface area contributed by atoms with Crippen LogP contribution in [-0.2, 0) is 16.0 Å². The lowest BCUT2D eigenvalue weighted by Gasteiger charge is -2.33. The van der Waals surface area contributed by atoms with Gasteiger partial charge in [-0.15, -0.1) is 0 Å². The fraction of sp³-hybridized carbons (Fsp3) is 0.588. The molecule has 0 aromatic carbocycles. The number of pyridine rings is 1. The first kappa shape index (κ1) is 17.2. The van der Waals surface area contributed by atoms with E-state index in [0.29, 0.717) is 31.8 Å². The van der Waals surface area contributed by atoms with Crippen LogP contribution in [-0.4, -0.2) is 47.6 Å². The molecule has 1 aliphatic rings. The molecular weight excluding hydrogens is 296 g/mol. The van der Waals surface area contributed by atoms with Crippen LogP contribution in [0.15, 0.2) is 18.2 Å². The summed E-state index contributed by atoms with van der Waals surface area (Å²) in [6.07, 6.45) is 0.483. The highest BCUT2D eigenvalue weighted by molar-refractivity contribution is 5.84. The van der Waals surface area contributed by atoms with E-state index in [1.54, 1.807) is 18.1 Å². The van der Waals surface area contributed by atoms with Crippen molar-refractivity contribution in [1.29, 1.82) is 0 Å². The molecule has 6 heteroatoms. The highest BCUT2D eigenvalue weighted by Crippen LogP contribution is 2.20. The Hall–Kier alpha value is -2.11. The number of Topliss-reactive ketones (excluding diaryl/α,β-unsaturated/α-hetero) is 1. The van der Waals surface area contributed by atoms with E-state index in [1.165, 1.54) is 0 Å². The average Bonchev–Trinajstić information content (AvgIpc) is 2.48. The molecule has 1 fully saturated rings. The Bertz CT molecular complexity index is 580. The summed E-state index contributed by atoms with van der Waals surface area (Å²) in [5.41, 5.74) is 0.247. The van der Waals surface area contributed by atoms with Gasteiger partial charge in [-0.2, -0.15) is 0 Å². The van der Waals surface area contributed by atoms with Crippen LogP contribution in [0, 0.1) is 5.92 Å². The van der Waals surface area contributed by atoms with Crippen molar-refractivity contribution in [2.75, 3.05) is 20.2 Å². The first-order valence-corrected chi connectivity index (χ1v) is 7.79. The van der Waals surface area contributed by atoms with Gasteiger partial charge in [-0.25, -0.2) is 9.78 Å². The highest BCUT2D eigenvalue weighted by atomic mass is 16.6. The van der Waals surface area contributed by atoms with Crippen molar-refractivity contribution in [3.8, 4) is 5.88 Å². The van der Waals surface area contributed by atoms with E-state index in [4.69, 9.17) is 9.47 Å². The second-order valence-electron chi connectivity index (χ2n) is 6.72. The molecular formula is C17H24N2O4. The predicted molar refractivity (Wildman–Crippen MR) is 85.4 cm³/mol. The first-order chi connectivity index (χ1) is 10.8. The van der Waals surface area contributed by atoms with Gasteiger partial charge in [0, 0.05) is 43.6 Å². The van der Waals surface area contributed by atoms with Crippen LogP contribution in [0.2, 0.25) is 0 Å². The van der Waals surface area contributed by atoms with E-state index < -0.39 is 5.60 Å². The number of piperidine rings is 1. The largest absolute Gasteiger partial charge is 0.481 e. The van der Waals surface area contributed by atoms with Gasteiger partial charge in [0.2, 0.25) is 5.88 Å². The zero-order chi connectivity index (χ0) is 17.0. The summed E-state index contributed by atoms with van der Waals surface area (Å²) in [4.78, 5) is 30.3. The number of carbonyl (C=O) groups excluding carboxylic acids is 2. The molecule has 0 aliphatic carbocycles. The van der Waals surface area contributed by atoms with Gasteiger partial charge in [0.25, 0.3) is 0 Å². The van der Waals surface area contributed by atoms with Crippen LogP contribution in [0.1, 0.15) is 32.9 Å². The summed E-state index contributed by atoms with van der Waals surface area (Å²) in [6.45, 7) is 6.27. The van der Waals surface area contributed by atoms with E-state index in [1.807, 2.05) is 32.9 Å². The number of methoxy groups -OCH3 is 1. The predicted octanol–water partition coefficient (Wildman–Crippen LogP) is 2.46. The molecule has 0 bridgehead atoms. The van der Waals surface area contributed by atoms with Crippen LogP contribution in [0.4, 0.5) is 4.79 Å². The maximum Gasteiger partial charge on any atom is 0.410 e. The van der Waals surface area contributed by atoms with Crippen molar-refractivity contribution in [3.05, 3.63) is 23.9 Å². The molecule has 1 unspecified atom stereocenters. The fourth-order valence-corrected chi connectivity index (χ4v) is 2.52. The number of carbonyl (C=O) groups is 2. The highest BCUT2D eigenvalue weighted by Gasteiger charge is 2.32. The van der Waals surface area contributed by atoms with E-state index in [9.17, 15) is 9.59 Å². The lowest BCUT2D eigenvalue weighted by Crippen LogP contribution is -2.46. The summed E-state index contributed by atoms with van der Waals surface area (Å²) in [7, 11) is 1.56. The normalized spacial score (nSPS) is 18.7. The van der Waals surface area contributed by atoms with E-state index in [-0.39, 0.29) is 17.8 Å². The number of hydrogen-bond acceptors (Lipinski definition) is 5. The van der Waals surface area contributed by atoms with Gasteiger partial charge in [0.1, 0.15) is 11.4 Å². The quantitative estimate of drug-likeness (QED) is 0.855. The number of amides is 1. The van der Waals surface area contributed by atoms with Gasteiger partial charge in [-0.1, -0.05) is 6.07 Å². The minimum atomic E-state index is -0.539. The molecule has 0 radical (unpaired) electrons. The summed E-state index contributed by atoms with van der Waals surface area (Å²) in [5.74, 6) is 0.431. The minimum Gasteiger partial charge on any atom is -0.481 e. The van der Waals surface area contributed by atoms with Crippen molar-refractivity contribution in [3.63, 3.8) is 0 Å².